The number of nitrogens with one attached hydrogen (secondary N) is 1. The second kappa shape index (κ2) is 6.87. The van der Waals surface area contributed by atoms with Crippen molar-refractivity contribution in [3.05, 3.63) is 53.9 Å². The number of amides is 2. The van der Waals surface area contributed by atoms with Gasteiger partial charge in [0.25, 0.3) is 0 Å². The van der Waals surface area contributed by atoms with Crippen LogP contribution in [-0.2, 0) is 13.2 Å². The van der Waals surface area contributed by atoms with Gasteiger partial charge in [0.1, 0.15) is 5.82 Å². The third-order valence-electron chi connectivity index (χ3n) is 4.58. The molecule has 4 aromatic rings. The first-order chi connectivity index (χ1) is 14.2. The average molecular weight is 415 g/mol. The SMILES string of the molecule is Cc1c(-c2cnc3c(c2)c(C(F)(F)F)nn3C)nn(-c2ccccc2)c1NC(N)=O. The number of fused-ring (bicyclic) bond motifs is 1. The van der Waals surface area contributed by atoms with Gasteiger partial charge in [0, 0.05) is 24.4 Å². The van der Waals surface area contributed by atoms with Gasteiger partial charge >= 0.3 is 12.2 Å². The van der Waals surface area contributed by atoms with Crippen LogP contribution in [0.4, 0.5) is 23.8 Å². The molecule has 0 aliphatic rings. The first-order valence-corrected chi connectivity index (χ1v) is 8.78. The summed E-state index contributed by atoms with van der Waals surface area (Å²) in [5.41, 5.74) is 6.24. The maximum Gasteiger partial charge on any atom is 0.435 e. The molecule has 30 heavy (non-hydrogen) atoms. The van der Waals surface area contributed by atoms with E-state index in [9.17, 15) is 18.0 Å². The molecule has 0 bridgehead atoms. The number of anilines is 1. The highest BCUT2D eigenvalue weighted by Gasteiger charge is 2.37. The van der Waals surface area contributed by atoms with Crippen LogP contribution in [0.15, 0.2) is 42.6 Å². The summed E-state index contributed by atoms with van der Waals surface area (Å²) in [5.74, 6) is 0.311. The zero-order valence-electron chi connectivity index (χ0n) is 15.9. The standard InChI is InChI=1S/C19H16F3N7O/c1-10-14(26-29(16(10)25-18(23)30)12-6-4-3-5-7-12)11-8-13-15(19(20,21)22)27-28(2)17(13)24-9-11/h3-9H,1-2H3,(H3,23,25,30). The predicted octanol–water partition coefficient (Wildman–Crippen LogP) is 3.64. The highest BCUT2D eigenvalue weighted by molar-refractivity contribution is 5.90. The molecular weight excluding hydrogens is 399 g/mol. The number of carbonyl (C=O) groups is 1. The van der Waals surface area contributed by atoms with Gasteiger partial charge in [0.15, 0.2) is 11.3 Å². The van der Waals surface area contributed by atoms with Gasteiger partial charge in [0.2, 0.25) is 0 Å². The summed E-state index contributed by atoms with van der Waals surface area (Å²) < 4.78 is 42.7. The Bertz CT molecular complexity index is 1260. The Morgan fingerprint density at radius 3 is 2.50 bits per heavy atom. The summed E-state index contributed by atoms with van der Waals surface area (Å²) in [4.78, 5) is 15.6. The lowest BCUT2D eigenvalue weighted by atomic mass is 10.1. The molecule has 2 amide bonds. The summed E-state index contributed by atoms with van der Waals surface area (Å²) in [6.07, 6.45) is -3.21. The Kier molecular flexibility index (Phi) is 4.45. The number of hydrogen-bond acceptors (Lipinski definition) is 4. The summed E-state index contributed by atoms with van der Waals surface area (Å²) >= 11 is 0. The molecule has 0 saturated carbocycles. The van der Waals surface area contributed by atoms with Crippen LogP contribution in [0.1, 0.15) is 11.3 Å². The summed E-state index contributed by atoms with van der Waals surface area (Å²) in [5, 5.41) is 10.5. The molecule has 0 saturated heterocycles. The van der Waals surface area contributed by atoms with Gasteiger partial charge in [-0.2, -0.15) is 23.4 Å². The Labute approximate surface area is 168 Å². The van der Waals surface area contributed by atoms with Gasteiger partial charge in [0.05, 0.1) is 16.8 Å². The number of benzene rings is 1. The lowest BCUT2D eigenvalue weighted by molar-refractivity contribution is -0.140. The van der Waals surface area contributed by atoms with Crippen LogP contribution in [0, 0.1) is 6.92 Å². The monoisotopic (exact) mass is 415 g/mol. The van der Waals surface area contributed by atoms with E-state index in [-0.39, 0.29) is 11.0 Å². The minimum atomic E-state index is -4.63. The Morgan fingerprint density at radius 1 is 1.17 bits per heavy atom. The molecule has 0 fully saturated rings. The molecule has 0 aliphatic carbocycles. The number of aryl methyl sites for hydroxylation is 1. The normalized spacial score (nSPS) is 11.8. The van der Waals surface area contributed by atoms with Crippen molar-refractivity contribution in [2.24, 2.45) is 12.8 Å². The Balaban J connectivity index is 1.93. The van der Waals surface area contributed by atoms with Crippen molar-refractivity contribution in [3.63, 3.8) is 0 Å². The first kappa shape index (κ1) is 19.4. The lowest BCUT2D eigenvalue weighted by Gasteiger charge is -2.07. The molecule has 3 aromatic heterocycles. The highest BCUT2D eigenvalue weighted by Crippen LogP contribution is 2.36. The summed E-state index contributed by atoms with van der Waals surface area (Å²) in [6, 6.07) is 9.50. The average Bonchev–Trinajstić information content (AvgIpc) is 3.20. The van der Waals surface area contributed by atoms with Crippen molar-refractivity contribution in [1.82, 2.24) is 24.5 Å². The summed E-state index contributed by atoms with van der Waals surface area (Å²) in [7, 11) is 1.40. The lowest BCUT2D eigenvalue weighted by Crippen LogP contribution is -2.21. The molecular formula is C19H16F3N7O. The number of nitrogens with zero attached hydrogens (tertiary/aromatic N) is 5. The minimum absolute atomic E-state index is 0.0988. The van der Waals surface area contributed by atoms with E-state index in [2.05, 4.69) is 20.5 Å². The van der Waals surface area contributed by atoms with Crippen LogP contribution in [0.3, 0.4) is 0 Å². The zero-order chi connectivity index (χ0) is 21.6. The Morgan fingerprint density at radius 2 is 1.87 bits per heavy atom. The van der Waals surface area contributed by atoms with Crippen LogP contribution in [0.25, 0.3) is 28.0 Å². The number of urea groups is 1. The van der Waals surface area contributed by atoms with E-state index in [0.717, 1.165) is 4.68 Å². The van der Waals surface area contributed by atoms with E-state index in [1.165, 1.54) is 24.0 Å². The highest BCUT2D eigenvalue weighted by atomic mass is 19.4. The molecule has 0 radical (unpaired) electrons. The van der Waals surface area contributed by atoms with Gasteiger partial charge in [-0.1, -0.05) is 18.2 Å². The third-order valence-corrected chi connectivity index (χ3v) is 4.58. The molecule has 3 N–H and O–H groups in total. The van der Waals surface area contributed by atoms with Gasteiger partial charge in [-0.3, -0.25) is 5.32 Å². The number of pyridine rings is 1. The van der Waals surface area contributed by atoms with Crippen molar-refractivity contribution in [3.8, 4) is 16.9 Å². The van der Waals surface area contributed by atoms with E-state index in [4.69, 9.17) is 5.73 Å². The van der Waals surface area contributed by atoms with E-state index >= 15 is 0 Å². The van der Waals surface area contributed by atoms with Crippen LogP contribution >= 0.6 is 0 Å². The van der Waals surface area contributed by atoms with Crippen LogP contribution < -0.4 is 11.1 Å². The quantitative estimate of drug-likeness (QED) is 0.533. The molecule has 0 spiro atoms. The number of rotatable bonds is 3. The van der Waals surface area contributed by atoms with E-state index < -0.39 is 17.9 Å². The fraction of sp³-hybridized carbons (Fsp3) is 0.158. The van der Waals surface area contributed by atoms with Crippen LogP contribution in [-0.4, -0.2) is 30.6 Å². The van der Waals surface area contributed by atoms with Crippen LogP contribution in [0.2, 0.25) is 0 Å². The zero-order valence-corrected chi connectivity index (χ0v) is 15.9. The molecule has 11 heteroatoms. The summed E-state index contributed by atoms with van der Waals surface area (Å²) in [6.45, 7) is 1.69. The van der Waals surface area contributed by atoms with Crippen LogP contribution in [0.5, 0.6) is 0 Å². The molecule has 0 atom stereocenters. The topological polar surface area (TPSA) is 104 Å². The molecule has 4 rings (SSSR count). The van der Waals surface area contributed by atoms with E-state index in [1.807, 2.05) is 6.07 Å². The maximum absolute atomic E-state index is 13.4. The number of halogens is 3. The molecule has 8 nitrogen and oxygen atoms in total. The number of nitrogens with two attached hydrogens (primary N) is 1. The second-order valence-electron chi connectivity index (χ2n) is 6.62. The molecule has 1 aromatic carbocycles. The largest absolute Gasteiger partial charge is 0.435 e. The maximum atomic E-state index is 13.4. The predicted molar refractivity (Wildman–Crippen MR) is 104 cm³/mol. The number of para-hydroxylation sites is 1. The third kappa shape index (κ3) is 3.23. The molecule has 0 aliphatic heterocycles. The fourth-order valence-electron chi connectivity index (χ4n) is 3.27. The van der Waals surface area contributed by atoms with Crippen molar-refractivity contribution < 1.29 is 18.0 Å². The number of carbonyl (C=O) groups excluding carboxylic acids is 1. The minimum Gasteiger partial charge on any atom is -0.351 e. The van der Waals surface area contributed by atoms with Gasteiger partial charge in [-0.15, -0.1) is 0 Å². The van der Waals surface area contributed by atoms with Gasteiger partial charge in [-0.05, 0) is 25.1 Å². The molecule has 0 unspecified atom stereocenters. The van der Waals surface area contributed by atoms with Gasteiger partial charge < -0.3 is 5.73 Å². The number of hydrogen-bond donors (Lipinski definition) is 2. The van der Waals surface area contributed by atoms with E-state index in [0.29, 0.717) is 28.3 Å². The first-order valence-electron chi connectivity index (χ1n) is 8.78. The van der Waals surface area contributed by atoms with Crippen molar-refractivity contribution in [2.45, 2.75) is 13.1 Å². The number of primary amides is 1. The second-order valence-corrected chi connectivity index (χ2v) is 6.62. The number of alkyl halides is 3. The van der Waals surface area contributed by atoms with Gasteiger partial charge in [-0.25, -0.2) is 19.1 Å². The van der Waals surface area contributed by atoms with E-state index in [1.54, 1.807) is 31.2 Å². The molecule has 3 heterocycles. The number of aromatic nitrogens is 5. The fourth-order valence-corrected chi connectivity index (χ4v) is 3.27. The van der Waals surface area contributed by atoms with Crippen molar-refractivity contribution in [1.29, 1.82) is 0 Å². The van der Waals surface area contributed by atoms with Crippen molar-refractivity contribution >= 4 is 22.9 Å². The Hall–Kier alpha value is -3.89. The smallest absolute Gasteiger partial charge is 0.351 e. The molecule has 154 valence electrons. The van der Waals surface area contributed by atoms with Crippen molar-refractivity contribution in [2.75, 3.05) is 5.32 Å².